The van der Waals surface area contributed by atoms with Crippen LogP contribution in [0.25, 0.3) is 0 Å². The van der Waals surface area contributed by atoms with Crippen LogP contribution in [0.1, 0.15) is 194 Å². The molecule has 0 radical (unpaired) electrons. The maximum absolute atomic E-state index is 12.6. The number of carbonyl (C=O) groups excluding carboxylic acids is 2. The molecule has 0 saturated carbocycles. The summed E-state index contributed by atoms with van der Waals surface area (Å²) in [5.41, 5.74) is 0. The summed E-state index contributed by atoms with van der Waals surface area (Å²) in [5, 5.41) is 22.5. The van der Waals surface area contributed by atoms with Gasteiger partial charge in [0.05, 0.1) is 12.1 Å². The van der Waals surface area contributed by atoms with E-state index in [1.165, 1.54) is 141 Å². The molecule has 0 spiro atoms. The molecule has 6 nitrogen and oxygen atoms in total. The lowest BCUT2D eigenvalue weighted by molar-refractivity contribution is -0.148. The molecule has 0 rings (SSSR count). The van der Waals surface area contributed by atoms with Crippen molar-refractivity contribution in [3.05, 3.63) is 12.2 Å². The summed E-state index contributed by atoms with van der Waals surface area (Å²) in [6.45, 7) is 3.64. The highest BCUT2D eigenvalue weighted by Crippen LogP contribution is 2.15. The summed E-state index contributed by atoms with van der Waals surface area (Å²) in [6, 6.07) is -0.720. The topological polar surface area (TPSA) is 95.9 Å². The average molecular weight is 624 g/mol. The fraction of sp³-hybridized carbons (Fsp3) is 0.895. The van der Waals surface area contributed by atoms with Gasteiger partial charge in [-0.2, -0.15) is 0 Å². The van der Waals surface area contributed by atoms with Gasteiger partial charge in [0.1, 0.15) is 13.2 Å². The largest absolute Gasteiger partial charge is 0.462 e. The molecule has 0 aromatic heterocycles. The summed E-state index contributed by atoms with van der Waals surface area (Å²) < 4.78 is 5.03. The van der Waals surface area contributed by atoms with Gasteiger partial charge in [-0.1, -0.05) is 180 Å². The number of hydrogen-bond donors (Lipinski definition) is 3. The second kappa shape index (κ2) is 34.5. The minimum Gasteiger partial charge on any atom is -0.462 e. The first-order valence-corrected chi connectivity index (χ1v) is 19.0. The van der Waals surface area contributed by atoms with Gasteiger partial charge >= 0.3 is 5.97 Å². The number of hydrogen-bond acceptors (Lipinski definition) is 5. The number of esters is 1. The quantitative estimate of drug-likeness (QED) is 0.0377. The number of nitrogens with one attached hydrogen (secondary N) is 1. The Morgan fingerprint density at radius 1 is 0.614 bits per heavy atom. The lowest BCUT2D eigenvalue weighted by Crippen LogP contribution is -2.46. The van der Waals surface area contributed by atoms with Crippen molar-refractivity contribution in [3.8, 4) is 0 Å². The first-order chi connectivity index (χ1) is 21.5. The molecule has 44 heavy (non-hydrogen) atoms. The molecular weight excluding hydrogens is 550 g/mol. The van der Waals surface area contributed by atoms with Crippen LogP contribution in [-0.4, -0.2) is 47.4 Å². The van der Waals surface area contributed by atoms with Gasteiger partial charge in [-0.15, -0.1) is 0 Å². The van der Waals surface area contributed by atoms with Crippen molar-refractivity contribution in [3.63, 3.8) is 0 Å². The molecule has 260 valence electrons. The van der Waals surface area contributed by atoms with Gasteiger partial charge < -0.3 is 20.3 Å². The number of aliphatic hydroxyl groups excluding tert-OH is 2. The number of unbranched alkanes of at least 4 members (excludes halogenated alkanes) is 25. The third-order valence-corrected chi connectivity index (χ3v) is 8.63. The lowest BCUT2D eigenvalue weighted by atomic mass is 10.0. The number of amides is 1. The van der Waals surface area contributed by atoms with E-state index in [1.54, 1.807) is 6.08 Å². The summed E-state index contributed by atoms with van der Waals surface area (Å²) in [6.07, 6.45) is 37.5. The average Bonchev–Trinajstić information content (AvgIpc) is 3.02. The van der Waals surface area contributed by atoms with Crippen LogP contribution in [0.3, 0.4) is 0 Å². The van der Waals surface area contributed by atoms with Crippen LogP contribution >= 0.6 is 0 Å². The summed E-state index contributed by atoms with van der Waals surface area (Å²) in [4.78, 5) is 24.0. The molecular formula is C38H73NO5. The van der Waals surface area contributed by atoms with E-state index < -0.39 is 24.7 Å². The van der Waals surface area contributed by atoms with Crippen molar-refractivity contribution in [2.24, 2.45) is 0 Å². The number of aliphatic hydroxyl groups is 2. The maximum atomic E-state index is 12.6. The number of carbonyl (C=O) groups is 2. The van der Waals surface area contributed by atoms with E-state index in [4.69, 9.17) is 9.84 Å². The zero-order valence-corrected chi connectivity index (χ0v) is 29.1. The van der Waals surface area contributed by atoms with Crippen LogP contribution in [-0.2, 0) is 14.3 Å². The van der Waals surface area contributed by atoms with Crippen LogP contribution in [0.15, 0.2) is 12.2 Å². The van der Waals surface area contributed by atoms with Crippen LogP contribution in [0.4, 0.5) is 0 Å². The van der Waals surface area contributed by atoms with Gasteiger partial charge in [0.2, 0.25) is 5.91 Å². The van der Waals surface area contributed by atoms with E-state index in [2.05, 4.69) is 19.2 Å². The minimum atomic E-state index is -0.945. The molecule has 0 aliphatic carbocycles. The minimum absolute atomic E-state index is 0.137. The molecule has 0 bridgehead atoms. The predicted molar refractivity (Wildman–Crippen MR) is 186 cm³/mol. The number of rotatable bonds is 34. The van der Waals surface area contributed by atoms with Gasteiger partial charge in [0, 0.05) is 6.42 Å². The van der Waals surface area contributed by atoms with Crippen molar-refractivity contribution in [2.75, 3.05) is 13.2 Å². The molecule has 2 atom stereocenters. The van der Waals surface area contributed by atoms with Crippen LogP contribution in [0.5, 0.6) is 0 Å². The molecule has 3 N–H and O–H groups in total. The molecule has 0 aliphatic rings. The second-order valence-corrected chi connectivity index (χ2v) is 13.0. The van der Waals surface area contributed by atoms with Crippen molar-refractivity contribution < 1.29 is 24.5 Å². The van der Waals surface area contributed by atoms with E-state index in [0.717, 1.165) is 32.1 Å². The number of allylic oxidation sites excluding steroid dienone is 1. The molecule has 0 heterocycles. The fourth-order valence-corrected chi connectivity index (χ4v) is 5.69. The molecule has 6 heteroatoms. The van der Waals surface area contributed by atoms with Gasteiger partial charge in [-0.3, -0.25) is 4.79 Å². The van der Waals surface area contributed by atoms with E-state index >= 15 is 0 Å². The lowest BCUT2D eigenvalue weighted by Gasteiger charge is -2.22. The van der Waals surface area contributed by atoms with Crippen LogP contribution in [0, 0.1) is 0 Å². The Morgan fingerprint density at radius 3 is 1.41 bits per heavy atom. The molecule has 0 fully saturated rings. The highest BCUT2D eigenvalue weighted by molar-refractivity contribution is 5.76. The molecule has 1 amide bonds. The van der Waals surface area contributed by atoms with Crippen LogP contribution < -0.4 is 5.32 Å². The Morgan fingerprint density at radius 2 is 1.00 bits per heavy atom. The van der Waals surface area contributed by atoms with E-state index in [9.17, 15) is 14.7 Å². The zero-order chi connectivity index (χ0) is 32.4. The van der Waals surface area contributed by atoms with Crippen molar-refractivity contribution >= 4 is 11.9 Å². The molecule has 0 aromatic rings. The molecule has 2 unspecified atom stereocenters. The first kappa shape index (κ1) is 42.6. The molecule has 0 aromatic carbocycles. The Kier molecular flexibility index (Phi) is 33.4. The molecule has 0 saturated heterocycles. The first-order valence-electron chi connectivity index (χ1n) is 19.0. The van der Waals surface area contributed by atoms with Gasteiger partial charge in [0.15, 0.2) is 0 Å². The summed E-state index contributed by atoms with van der Waals surface area (Å²) in [5.74, 6) is -0.897. The maximum Gasteiger partial charge on any atom is 0.331 e. The van der Waals surface area contributed by atoms with E-state index in [0.29, 0.717) is 6.42 Å². The van der Waals surface area contributed by atoms with E-state index in [-0.39, 0.29) is 12.5 Å². The summed E-state index contributed by atoms with van der Waals surface area (Å²) >= 11 is 0. The standard InChI is InChI=1S/C38H73NO5/c1-3-5-7-9-11-13-15-17-18-20-22-24-26-28-30-32-37(42)39-35(34-44-38(43)33-40)36(41)31-29-27-25-23-21-19-16-14-12-10-8-6-4-2/h29,31,35-36,40-41H,3-28,30,32-34H2,1-2H3,(H,39,42). The predicted octanol–water partition coefficient (Wildman–Crippen LogP) is 9.89. The third kappa shape index (κ3) is 30.6. The summed E-state index contributed by atoms with van der Waals surface area (Å²) in [7, 11) is 0. The van der Waals surface area contributed by atoms with Crippen molar-refractivity contribution in [2.45, 2.75) is 206 Å². The Labute approximate surface area is 272 Å². The Bertz CT molecular complexity index is 653. The van der Waals surface area contributed by atoms with Gasteiger partial charge in [-0.05, 0) is 19.3 Å². The second-order valence-electron chi connectivity index (χ2n) is 13.0. The fourth-order valence-electron chi connectivity index (χ4n) is 5.69. The Balaban J connectivity index is 4.00. The van der Waals surface area contributed by atoms with Crippen LogP contribution in [0.2, 0.25) is 0 Å². The van der Waals surface area contributed by atoms with Gasteiger partial charge in [0.25, 0.3) is 0 Å². The zero-order valence-electron chi connectivity index (χ0n) is 29.1. The van der Waals surface area contributed by atoms with Gasteiger partial charge in [-0.25, -0.2) is 4.79 Å². The smallest absolute Gasteiger partial charge is 0.331 e. The highest BCUT2D eigenvalue weighted by atomic mass is 16.5. The SMILES string of the molecule is CCCCCCCCCCCCCC=CC(O)C(COC(=O)CO)NC(=O)CCCCCCCCCCCCCCCCC. The Hall–Kier alpha value is -1.40. The highest BCUT2D eigenvalue weighted by Gasteiger charge is 2.21. The van der Waals surface area contributed by atoms with E-state index in [1.807, 2.05) is 6.08 Å². The molecule has 0 aliphatic heterocycles. The van der Waals surface area contributed by atoms with Crippen molar-refractivity contribution in [1.82, 2.24) is 5.32 Å². The number of ether oxygens (including phenoxy) is 1. The monoisotopic (exact) mass is 624 g/mol. The third-order valence-electron chi connectivity index (χ3n) is 8.63. The normalized spacial score (nSPS) is 12.9. The van der Waals surface area contributed by atoms with Crippen molar-refractivity contribution in [1.29, 1.82) is 0 Å².